The van der Waals surface area contributed by atoms with E-state index in [1.807, 2.05) is 19.9 Å². The molecule has 0 spiro atoms. The van der Waals surface area contributed by atoms with Crippen LogP contribution in [0.15, 0.2) is 18.2 Å². The van der Waals surface area contributed by atoms with Crippen molar-refractivity contribution in [1.82, 2.24) is 0 Å². The molecule has 1 aromatic carbocycles. The number of anilines is 1. The largest absolute Gasteiger partial charge is 0.368 e. The van der Waals surface area contributed by atoms with Gasteiger partial charge < -0.3 is 5.32 Å². The smallest absolute Gasteiger partial charge is 0.103 e. The molecule has 0 fully saturated rings. The Balaban J connectivity index is 3.13. The second-order valence-electron chi connectivity index (χ2n) is 3.67. The van der Waals surface area contributed by atoms with E-state index in [1.54, 1.807) is 18.2 Å². The fraction of sp³-hybridized carbons (Fsp3) is 0.250. The summed E-state index contributed by atoms with van der Waals surface area (Å²) >= 11 is 5.89. The number of hydrogen-bond donors (Lipinski definition) is 1. The van der Waals surface area contributed by atoms with Crippen LogP contribution in [-0.4, -0.2) is 5.54 Å². The lowest BCUT2D eigenvalue weighted by Crippen LogP contribution is -2.28. The van der Waals surface area contributed by atoms with Gasteiger partial charge in [-0.25, -0.2) is 0 Å². The summed E-state index contributed by atoms with van der Waals surface area (Å²) < 4.78 is 0. The molecule has 1 N–H and O–H groups in total. The lowest BCUT2D eigenvalue weighted by atomic mass is 10.1. The third kappa shape index (κ3) is 2.65. The molecule has 0 amide bonds. The van der Waals surface area contributed by atoms with Gasteiger partial charge >= 0.3 is 0 Å². The number of rotatable bonds is 2. The molecule has 0 radical (unpaired) electrons. The van der Waals surface area contributed by atoms with Gasteiger partial charge in [0.2, 0.25) is 0 Å². The highest BCUT2D eigenvalue weighted by Crippen LogP contribution is 2.25. The standard InChI is InChI=1S/C12H11ClN2/c1-4-12(2,3)15-11-7-5-6-10(13)9(11)8-14/h1,5-7,15H,2-3H3. The van der Waals surface area contributed by atoms with Gasteiger partial charge in [0.15, 0.2) is 0 Å². The normalized spacial score (nSPS) is 10.2. The first-order valence-electron chi connectivity index (χ1n) is 4.45. The van der Waals surface area contributed by atoms with Crippen molar-refractivity contribution in [2.24, 2.45) is 0 Å². The Labute approximate surface area is 94.9 Å². The predicted octanol–water partition coefficient (Wildman–Crippen LogP) is 3.04. The molecule has 15 heavy (non-hydrogen) atoms. The average Bonchev–Trinajstić information content (AvgIpc) is 2.18. The van der Waals surface area contributed by atoms with Crippen LogP contribution < -0.4 is 5.32 Å². The maximum Gasteiger partial charge on any atom is 0.103 e. The van der Waals surface area contributed by atoms with Gasteiger partial charge in [0.1, 0.15) is 6.07 Å². The van der Waals surface area contributed by atoms with Gasteiger partial charge in [0, 0.05) is 0 Å². The molecular formula is C12H11ClN2. The first kappa shape index (κ1) is 11.4. The summed E-state index contributed by atoms with van der Waals surface area (Å²) in [6.45, 7) is 3.71. The molecule has 0 saturated carbocycles. The lowest BCUT2D eigenvalue weighted by molar-refractivity contribution is 0.741. The maximum absolute atomic E-state index is 8.94. The molecule has 0 saturated heterocycles. The van der Waals surface area contributed by atoms with E-state index in [0.29, 0.717) is 16.3 Å². The van der Waals surface area contributed by atoms with Crippen LogP contribution in [0.4, 0.5) is 5.69 Å². The second kappa shape index (κ2) is 4.26. The molecule has 0 aliphatic rings. The van der Waals surface area contributed by atoms with Gasteiger partial charge in [0.25, 0.3) is 0 Å². The number of nitrogens with one attached hydrogen (secondary N) is 1. The Morgan fingerprint density at radius 1 is 1.47 bits per heavy atom. The van der Waals surface area contributed by atoms with Crippen LogP contribution in [0.1, 0.15) is 19.4 Å². The van der Waals surface area contributed by atoms with Crippen LogP contribution in [-0.2, 0) is 0 Å². The van der Waals surface area contributed by atoms with E-state index in [-0.39, 0.29) is 0 Å². The molecule has 0 unspecified atom stereocenters. The predicted molar refractivity (Wildman–Crippen MR) is 62.7 cm³/mol. The minimum absolute atomic E-state index is 0.419. The van der Waals surface area contributed by atoms with Crippen LogP contribution >= 0.6 is 11.6 Å². The molecule has 3 heteroatoms. The zero-order valence-electron chi connectivity index (χ0n) is 8.63. The maximum atomic E-state index is 8.94. The van der Waals surface area contributed by atoms with Gasteiger partial charge in [0.05, 0.1) is 21.8 Å². The molecular weight excluding hydrogens is 208 g/mol. The van der Waals surface area contributed by atoms with E-state index in [1.165, 1.54) is 0 Å². The van der Waals surface area contributed by atoms with Crippen molar-refractivity contribution in [3.8, 4) is 18.4 Å². The van der Waals surface area contributed by atoms with Crippen molar-refractivity contribution in [1.29, 1.82) is 5.26 Å². The van der Waals surface area contributed by atoms with E-state index in [4.69, 9.17) is 23.3 Å². The summed E-state index contributed by atoms with van der Waals surface area (Å²) in [5.74, 6) is 2.60. The highest BCUT2D eigenvalue weighted by Gasteiger charge is 2.16. The monoisotopic (exact) mass is 218 g/mol. The molecule has 76 valence electrons. The molecule has 1 aromatic rings. The topological polar surface area (TPSA) is 35.8 Å². The minimum Gasteiger partial charge on any atom is -0.368 e. The third-order valence-corrected chi connectivity index (χ3v) is 2.25. The molecule has 0 atom stereocenters. The highest BCUT2D eigenvalue weighted by atomic mass is 35.5. The Morgan fingerprint density at radius 2 is 2.13 bits per heavy atom. The Hall–Kier alpha value is -1.64. The molecule has 0 aliphatic carbocycles. The quantitative estimate of drug-likeness (QED) is 0.775. The summed E-state index contributed by atoms with van der Waals surface area (Å²) in [7, 11) is 0. The van der Waals surface area contributed by atoms with Crippen molar-refractivity contribution in [3.63, 3.8) is 0 Å². The van der Waals surface area contributed by atoms with Crippen LogP contribution in [0.3, 0.4) is 0 Å². The average molecular weight is 219 g/mol. The molecule has 0 aromatic heterocycles. The molecule has 0 bridgehead atoms. The van der Waals surface area contributed by atoms with Gasteiger partial charge in [-0.05, 0) is 26.0 Å². The van der Waals surface area contributed by atoms with E-state index in [9.17, 15) is 0 Å². The van der Waals surface area contributed by atoms with Crippen molar-refractivity contribution in [2.45, 2.75) is 19.4 Å². The van der Waals surface area contributed by atoms with E-state index >= 15 is 0 Å². The van der Waals surface area contributed by atoms with Crippen LogP contribution in [0.5, 0.6) is 0 Å². The van der Waals surface area contributed by atoms with Crippen LogP contribution in [0.2, 0.25) is 5.02 Å². The van der Waals surface area contributed by atoms with Gasteiger partial charge in [-0.2, -0.15) is 5.26 Å². The van der Waals surface area contributed by atoms with Crippen molar-refractivity contribution in [3.05, 3.63) is 28.8 Å². The molecule has 1 rings (SSSR count). The Bertz CT molecular complexity index is 450. The van der Waals surface area contributed by atoms with E-state index < -0.39 is 5.54 Å². The van der Waals surface area contributed by atoms with Gasteiger partial charge in [-0.1, -0.05) is 23.6 Å². The van der Waals surface area contributed by atoms with Crippen LogP contribution in [0, 0.1) is 23.7 Å². The van der Waals surface area contributed by atoms with E-state index in [0.717, 1.165) is 0 Å². The number of nitriles is 1. The summed E-state index contributed by atoms with van der Waals surface area (Å²) in [5, 5.41) is 12.5. The fourth-order valence-electron chi connectivity index (χ4n) is 1.11. The zero-order valence-corrected chi connectivity index (χ0v) is 9.39. The number of terminal acetylenes is 1. The van der Waals surface area contributed by atoms with Gasteiger partial charge in [-0.3, -0.25) is 0 Å². The number of halogens is 1. The molecule has 0 heterocycles. The van der Waals surface area contributed by atoms with Crippen molar-refractivity contribution in [2.75, 3.05) is 5.32 Å². The summed E-state index contributed by atoms with van der Waals surface area (Å²) in [5.41, 5.74) is 0.575. The second-order valence-corrected chi connectivity index (χ2v) is 4.08. The number of benzene rings is 1. The summed E-state index contributed by atoms with van der Waals surface area (Å²) in [6, 6.07) is 7.28. The summed E-state index contributed by atoms with van der Waals surface area (Å²) in [6.07, 6.45) is 5.36. The Kier molecular flexibility index (Phi) is 3.24. The van der Waals surface area contributed by atoms with Crippen LogP contribution in [0.25, 0.3) is 0 Å². The van der Waals surface area contributed by atoms with Gasteiger partial charge in [-0.15, -0.1) is 6.42 Å². The third-order valence-electron chi connectivity index (χ3n) is 1.93. The van der Waals surface area contributed by atoms with Crippen molar-refractivity contribution < 1.29 is 0 Å². The molecule has 0 aliphatic heterocycles. The minimum atomic E-state index is -0.504. The zero-order chi connectivity index (χ0) is 11.5. The van der Waals surface area contributed by atoms with E-state index in [2.05, 4.69) is 11.2 Å². The summed E-state index contributed by atoms with van der Waals surface area (Å²) in [4.78, 5) is 0. The highest BCUT2D eigenvalue weighted by molar-refractivity contribution is 6.32. The number of hydrogen-bond acceptors (Lipinski definition) is 2. The first-order chi connectivity index (χ1) is 7.00. The number of nitrogens with zero attached hydrogens (tertiary/aromatic N) is 1. The fourth-order valence-corrected chi connectivity index (χ4v) is 1.33. The van der Waals surface area contributed by atoms with Crippen molar-refractivity contribution >= 4 is 17.3 Å². The SMILES string of the molecule is C#CC(C)(C)Nc1cccc(Cl)c1C#N. The first-order valence-corrected chi connectivity index (χ1v) is 4.82. The Morgan fingerprint density at radius 3 is 2.67 bits per heavy atom. The lowest BCUT2D eigenvalue weighted by Gasteiger charge is -2.22. The molecule has 2 nitrogen and oxygen atoms in total.